The molecule has 0 amide bonds. The first-order valence-electron chi connectivity index (χ1n) is 5.52. The van der Waals surface area contributed by atoms with Crippen molar-refractivity contribution >= 4 is 0 Å². The average molecular weight is 190 g/mol. The van der Waals surface area contributed by atoms with Crippen LogP contribution in [0.2, 0.25) is 0 Å². The topological polar surface area (TPSA) is 20.2 Å². The first-order valence-corrected chi connectivity index (χ1v) is 5.52. The van der Waals surface area contributed by atoms with Crippen LogP contribution in [0.1, 0.15) is 38.2 Å². The molecule has 0 heterocycles. The van der Waals surface area contributed by atoms with Crippen molar-refractivity contribution in [2.75, 3.05) is 0 Å². The normalized spacial score (nSPS) is 32.0. The lowest BCUT2D eigenvalue weighted by atomic mass is 9.91. The second-order valence-electron chi connectivity index (χ2n) is 4.41. The molecule has 1 aliphatic rings. The smallest absolute Gasteiger partial charge is 0.0899 e. The average Bonchev–Trinajstić information content (AvgIpc) is 2.63. The third-order valence-corrected chi connectivity index (χ3v) is 3.48. The fourth-order valence-corrected chi connectivity index (χ4v) is 2.48. The van der Waals surface area contributed by atoms with E-state index < -0.39 is 5.60 Å². The molecule has 1 N–H and O–H groups in total. The molecule has 0 spiro atoms. The lowest BCUT2D eigenvalue weighted by Crippen LogP contribution is -2.21. The third-order valence-electron chi connectivity index (χ3n) is 3.48. The highest BCUT2D eigenvalue weighted by molar-refractivity contribution is 5.23. The van der Waals surface area contributed by atoms with Crippen molar-refractivity contribution in [1.29, 1.82) is 0 Å². The van der Waals surface area contributed by atoms with Gasteiger partial charge in [-0.15, -0.1) is 0 Å². The first-order chi connectivity index (χ1) is 6.74. The van der Waals surface area contributed by atoms with Crippen molar-refractivity contribution in [2.45, 2.75) is 38.2 Å². The van der Waals surface area contributed by atoms with Gasteiger partial charge in [-0.3, -0.25) is 0 Å². The molecule has 76 valence electrons. The summed E-state index contributed by atoms with van der Waals surface area (Å²) in [6, 6.07) is 10.1. The molecule has 1 aliphatic carbocycles. The van der Waals surface area contributed by atoms with Crippen LogP contribution in [0.4, 0.5) is 0 Å². The molecule has 2 unspecified atom stereocenters. The number of aliphatic hydroxyl groups is 1. The molecule has 1 aromatic carbocycles. The van der Waals surface area contributed by atoms with E-state index in [0.717, 1.165) is 18.4 Å². The predicted octanol–water partition coefficient (Wildman–Crippen LogP) is 3.08. The molecular weight excluding hydrogens is 172 g/mol. The standard InChI is InChI=1S/C13H18O/c1-2-11-8-9-13(14,10-11)12-6-4-3-5-7-12/h3-7,11,14H,2,8-10H2,1H3. The summed E-state index contributed by atoms with van der Waals surface area (Å²) < 4.78 is 0. The Morgan fingerprint density at radius 2 is 2.07 bits per heavy atom. The van der Waals surface area contributed by atoms with E-state index >= 15 is 0 Å². The van der Waals surface area contributed by atoms with Gasteiger partial charge in [0.25, 0.3) is 0 Å². The van der Waals surface area contributed by atoms with Crippen molar-refractivity contribution in [3.63, 3.8) is 0 Å². The van der Waals surface area contributed by atoms with Gasteiger partial charge in [-0.2, -0.15) is 0 Å². The van der Waals surface area contributed by atoms with Crippen LogP contribution < -0.4 is 0 Å². The molecule has 0 bridgehead atoms. The molecule has 0 aliphatic heterocycles. The fourth-order valence-electron chi connectivity index (χ4n) is 2.48. The van der Waals surface area contributed by atoms with Gasteiger partial charge in [-0.1, -0.05) is 43.7 Å². The Bertz CT molecular complexity index is 293. The molecule has 0 aromatic heterocycles. The van der Waals surface area contributed by atoms with Crippen LogP contribution in [0.3, 0.4) is 0 Å². The van der Waals surface area contributed by atoms with Gasteiger partial charge in [0.1, 0.15) is 0 Å². The molecule has 1 aromatic rings. The molecule has 1 fully saturated rings. The Kier molecular flexibility index (Phi) is 2.60. The summed E-state index contributed by atoms with van der Waals surface area (Å²) in [5, 5.41) is 10.5. The summed E-state index contributed by atoms with van der Waals surface area (Å²) in [5.74, 6) is 0.709. The van der Waals surface area contributed by atoms with E-state index in [9.17, 15) is 5.11 Å². The highest BCUT2D eigenvalue weighted by atomic mass is 16.3. The zero-order chi connectivity index (χ0) is 10.0. The zero-order valence-corrected chi connectivity index (χ0v) is 8.74. The number of hydrogen-bond acceptors (Lipinski definition) is 1. The highest BCUT2D eigenvalue weighted by Crippen LogP contribution is 2.42. The minimum Gasteiger partial charge on any atom is -0.385 e. The molecule has 14 heavy (non-hydrogen) atoms. The quantitative estimate of drug-likeness (QED) is 0.759. The minimum absolute atomic E-state index is 0.540. The summed E-state index contributed by atoms with van der Waals surface area (Å²) in [6.07, 6.45) is 4.22. The van der Waals surface area contributed by atoms with Gasteiger partial charge in [-0.05, 0) is 30.7 Å². The Morgan fingerprint density at radius 1 is 1.36 bits per heavy atom. The number of benzene rings is 1. The molecule has 0 radical (unpaired) electrons. The van der Waals surface area contributed by atoms with Gasteiger partial charge < -0.3 is 5.11 Å². The van der Waals surface area contributed by atoms with E-state index in [-0.39, 0.29) is 0 Å². The Balaban J connectivity index is 2.19. The monoisotopic (exact) mass is 190 g/mol. The SMILES string of the molecule is CCC1CCC(O)(c2ccccc2)C1. The summed E-state index contributed by atoms with van der Waals surface area (Å²) in [7, 11) is 0. The maximum atomic E-state index is 10.5. The maximum absolute atomic E-state index is 10.5. The minimum atomic E-state index is -0.540. The van der Waals surface area contributed by atoms with Crippen LogP contribution in [-0.4, -0.2) is 5.11 Å². The molecule has 1 saturated carbocycles. The summed E-state index contributed by atoms with van der Waals surface area (Å²) in [6.45, 7) is 2.21. The zero-order valence-electron chi connectivity index (χ0n) is 8.74. The van der Waals surface area contributed by atoms with Crippen LogP contribution in [0.5, 0.6) is 0 Å². The van der Waals surface area contributed by atoms with Gasteiger partial charge in [0.2, 0.25) is 0 Å². The van der Waals surface area contributed by atoms with E-state index in [1.54, 1.807) is 0 Å². The molecule has 2 rings (SSSR count). The largest absolute Gasteiger partial charge is 0.385 e. The van der Waals surface area contributed by atoms with Gasteiger partial charge in [-0.25, -0.2) is 0 Å². The van der Waals surface area contributed by atoms with Crippen LogP contribution in [0, 0.1) is 5.92 Å². The Labute approximate surface area is 85.8 Å². The van der Waals surface area contributed by atoms with E-state index in [2.05, 4.69) is 6.92 Å². The molecule has 2 atom stereocenters. The summed E-state index contributed by atoms with van der Waals surface area (Å²) in [5.41, 5.74) is 0.554. The van der Waals surface area contributed by atoms with E-state index in [1.807, 2.05) is 30.3 Å². The van der Waals surface area contributed by atoms with Crippen LogP contribution in [0.15, 0.2) is 30.3 Å². The van der Waals surface area contributed by atoms with Crippen molar-refractivity contribution in [1.82, 2.24) is 0 Å². The van der Waals surface area contributed by atoms with Crippen molar-refractivity contribution in [3.05, 3.63) is 35.9 Å². The molecular formula is C13H18O. The van der Waals surface area contributed by atoms with Crippen molar-refractivity contribution in [3.8, 4) is 0 Å². The number of hydrogen-bond donors (Lipinski definition) is 1. The molecule has 0 saturated heterocycles. The second kappa shape index (κ2) is 3.74. The van der Waals surface area contributed by atoms with Crippen LogP contribution in [0.25, 0.3) is 0 Å². The number of rotatable bonds is 2. The highest BCUT2D eigenvalue weighted by Gasteiger charge is 2.37. The predicted molar refractivity (Wildman–Crippen MR) is 58.0 cm³/mol. The Morgan fingerprint density at radius 3 is 2.64 bits per heavy atom. The fraction of sp³-hybridized carbons (Fsp3) is 0.538. The lowest BCUT2D eigenvalue weighted by Gasteiger charge is -2.23. The van der Waals surface area contributed by atoms with Gasteiger partial charge in [0, 0.05) is 0 Å². The summed E-state index contributed by atoms with van der Waals surface area (Å²) in [4.78, 5) is 0. The first kappa shape index (κ1) is 9.72. The second-order valence-corrected chi connectivity index (χ2v) is 4.41. The van der Waals surface area contributed by atoms with E-state index in [0.29, 0.717) is 5.92 Å². The maximum Gasteiger partial charge on any atom is 0.0899 e. The van der Waals surface area contributed by atoms with Crippen molar-refractivity contribution in [2.24, 2.45) is 5.92 Å². The van der Waals surface area contributed by atoms with Gasteiger partial charge >= 0.3 is 0 Å². The lowest BCUT2D eigenvalue weighted by molar-refractivity contribution is 0.0398. The van der Waals surface area contributed by atoms with E-state index in [1.165, 1.54) is 12.8 Å². The van der Waals surface area contributed by atoms with Gasteiger partial charge in [0.15, 0.2) is 0 Å². The van der Waals surface area contributed by atoms with Crippen LogP contribution in [-0.2, 0) is 5.60 Å². The van der Waals surface area contributed by atoms with Crippen molar-refractivity contribution < 1.29 is 5.11 Å². The van der Waals surface area contributed by atoms with E-state index in [4.69, 9.17) is 0 Å². The summed E-state index contributed by atoms with van der Waals surface area (Å²) >= 11 is 0. The third kappa shape index (κ3) is 1.69. The Hall–Kier alpha value is -0.820. The van der Waals surface area contributed by atoms with Crippen LogP contribution >= 0.6 is 0 Å². The molecule has 1 heteroatoms. The molecule has 1 nitrogen and oxygen atoms in total. The van der Waals surface area contributed by atoms with Gasteiger partial charge in [0.05, 0.1) is 5.60 Å².